The van der Waals surface area contributed by atoms with Gasteiger partial charge < -0.3 is 9.64 Å². The standard InChI is InChI=1S/C21H24ClNO3/c22-18-14-11-15-17(21(25)26-19(15)18)16(14)20(24)23-8-6-13(7-9-23)10-12-4-2-1-3-5-12/h1-5,13-19H,6-11H2. The number of esters is 1. The van der Waals surface area contributed by atoms with E-state index in [0.717, 1.165) is 38.8 Å². The number of fused-ring (bicyclic) bond motifs is 1. The molecule has 5 heteroatoms. The van der Waals surface area contributed by atoms with Crippen LogP contribution >= 0.6 is 11.6 Å². The maximum atomic E-state index is 13.2. The molecule has 0 N–H and O–H groups in total. The Morgan fingerprint density at radius 2 is 1.88 bits per heavy atom. The van der Waals surface area contributed by atoms with Crippen LogP contribution in [0.5, 0.6) is 0 Å². The molecule has 6 unspecified atom stereocenters. The van der Waals surface area contributed by atoms with E-state index >= 15 is 0 Å². The summed E-state index contributed by atoms with van der Waals surface area (Å²) in [6.45, 7) is 1.59. The van der Waals surface area contributed by atoms with E-state index < -0.39 is 0 Å². The summed E-state index contributed by atoms with van der Waals surface area (Å²) < 4.78 is 5.46. The third-order valence-electron chi connectivity index (χ3n) is 7.10. The molecule has 4 aliphatic rings. The second-order valence-electron chi connectivity index (χ2n) is 8.42. The Labute approximate surface area is 158 Å². The van der Waals surface area contributed by atoms with Crippen LogP contribution in [-0.4, -0.2) is 41.3 Å². The van der Waals surface area contributed by atoms with E-state index in [-0.39, 0.29) is 47.0 Å². The van der Waals surface area contributed by atoms with Gasteiger partial charge in [-0.1, -0.05) is 30.3 Å². The van der Waals surface area contributed by atoms with Crippen molar-refractivity contribution >= 4 is 23.5 Å². The van der Waals surface area contributed by atoms with Crippen molar-refractivity contribution in [1.29, 1.82) is 0 Å². The van der Waals surface area contributed by atoms with Gasteiger partial charge in [-0.15, -0.1) is 11.6 Å². The summed E-state index contributed by atoms with van der Waals surface area (Å²) in [4.78, 5) is 27.4. The molecule has 0 spiro atoms. The summed E-state index contributed by atoms with van der Waals surface area (Å²) in [5.41, 5.74) is 1.37. The van der Waals surface area contributed by atoms with Crippen LogP contribution in [0.15, 0.2) is 30.3 Å². The van der Waals surface area contributed by atoms with Crippen molar-refractivity contribution in [3.8, 4) is 0 Å². The number of alkyl halides is 1. The van der Waals surface area contributed by atoms with Crippen molar-refractivity contribution in [3.63, 3.8) is 0 Å². The monoisotopic (exact) mass is 373 g/mol. The first-order valence-electron chi connectivity index (χ1n) is 9.81. The normalized spacial score (nSPS) is 38.7. The number of likely N-dealkylation sites (tertiary alicyclic amines) is 1. The lowest BCUT2D eigenvalue weighted by Gasteiger charge is -2.36. The van der Waals surface area contributed by atoms with Gasteiger partial charge in [0.25, 0.3) is 0 Å². The van der Waals surface area contributed by atoms with Crippen LogP contribution in [0.3, 0.4) is 0 Å². The number of rotatable bonds is 3. The molecule has 0 aromatic heterocycles. The molecule has 4 nitrogen and oxygen atoms in total. The molecule has 26 heavy (non-hydrogen) atoms. The van der Waals surface area contributed by atoms with Crippen LogP contribution in [0, 0.1) is 29.6 Å². The Morgan fingerprint density at radius 3 is 2.62 bits per heavy atom. The predicted octanol–water partition coefficient (Wildman–Crippen LogP) is 2.88. The number of piperidine rings is 1. The van der Waals surface area contributed by atoms with Crippen molar-refractivity contribution in [1.82, 2.24) is 4.90 Å². The van der Waals surface area contributed by atoms with Gasteiger partial charge in [-0.25, -0.2) is 0 Å². The highest BCUT2D eigenvalue weighted by Gasteiger charge is 2.68. The summed E-state index contributed by atoms with van der Waals surface area (Å²) >= 11 is 6.51. The maximum absolute atomic E-state index is 13.2. The van der Waals surface area contributed by atoms with Crippen molar-refractivity contribution < 1.29 is 14.3 Å². The first kappa shape index (κ1) is 16.6. The van der Waals surface area contributed by atoms with E-state index in [4.69, 9.17) is 16.3 Å². The van der Waals surface area contributed by atoms with Gasteiger partial charge in [0.2, 0.25) is 5.91 Å². The number of benzene rings is 1. The molecule has 1 amide bonds. The second kappa shape index (κ2) is 6.26. The molecule has 1 aromatic carbocycles. The highest BCUT2D eigenvalue weighted by atomic mass is 35.5. The summed E-state index contributed by atoms with van der Waals surface area (Å²) in [6.07, 6.45) is 3.86. The molecule has 2 bridgehead atoms. The van der Waals surface area contributed by atoms with Crippen molar-refractivity contribution in [2.45, 2.75) is 37.2 Å². The largest absolute Gasteiger partial charge is 0.460 e. The lowest BCUT2D eigenvalue weighted by molar-refractivity contribution is -0.148. The molecule has 2 saturated heterocycles. The molecule has 5 rings (SSSR count). The number of hydrogen-bond donors (Lipinski definition) is 0. The van der Waals surface area contributed by atoms with E-state index in [1.54, 1.807) is 0 Å². The number of carbonyl (C=O) groups excluding carboxylic acids is 2. The number of hydrogen-bond acceptors (Lipinski definition) is 3. The molecular weight excluding hydrogens is 350 g/mol. The molecule has 4 fully saturated rings. The zero-order valence-corrected chi connectivity index (χ0v) is 15.5. The van der Waals surface area contributed by atoms with Crippen LogP contribution in [0.1, 0.15) is 24.8 Å². The van der Waals surface area contributed by atoms with Gasteiger partial charge in [-0.2, -0.15) is 0 Å². The van der Waals surface area contributed by atoms with Gasteiger partial charge in [0.15, 0.2) is 0 Å². The number of carbonyl (C=O) groups is 2. The van der Waals surface area contributed by atoms with Gasteiger partial charge in [0.05, 0.1) is 17.2 Å². The molecule has 6 atom stereocenters. The average Bonchev–Trinajstić information content (AvgIpc) is 3.27. The Kier molecular flexibility index (Phi) is 4.00. The summed E-state index contributed by atoms with van der Waals surface area (Å²) in [7, 11) is 0. The Hall–Kier alpha value is -1.55. The zero-order valence-electron chi connectivity index (χ0n) is 14.7. The zero-order chi connectivity index (χ0) is 17.8. The van der Waals surface area contributed by atoms with Crippen molar-refractivity contribution in [3.05, 3.63) is 35.9 Å². The quantitative estimate of drug-likeness (QED) is 0.604. The van der Waals surface area contributed by atoms with Gasteiger partial charge in [0, 0.05) is 19.0 Å². The molecular formula is C21H24ClNO3. The van der Waals surface area contributed by atoms with Gasteiger partial charge in [0.1, 0.15) is 6.10 Å². The minimum Gasteiger partial charge on any atom is -0.460 e. The molecule has 2 heterocycles. The summed E-state index contributed by atoms with van der Waals surface area (Å²) in [5.74, 6) is 0.362. The summed E-state index contributed by atoms with van der Waals surface area (Å²) in [6, 6.07) is 10.6. The van der Waals surface area contributed by atoms with Crippen LogP contribution in [0.4, 0.5) is 0 Å². The highest BCUT2D eigenvalue weighted by Crippen LogP contribution is 2.59. The van der Waals surface area contributed by atoms with Crippen LogP contribution in [0.2, 0.25) is 0 Å². The first-order valence-corrected chi connectivity index (χ1v) is 10.2. The highest BCUT2D eigenvalue weighted by molar-refractivity contribution is 6.22. The predicted molar refractivity (Wildman–Crippen MR) is 97.5 cm³/mol. The SMILES string of the molecule is O=C1OC2C(Cl)C3CC2C1C3C(=O)N1CCC(Cc2ccccc2)CC1. The fourth-order valence-corrected chi connectivity index (χ4v) is 6.32. The van der Waals surface area contributed by atoms with Crippen molar-refractivity contribution in [2.75, 3.05) is 13.1 Å². The van der Waals surface area contributed by atoms with Crippen LogP contribution in [-0.2, 0) is 20.7 Å². The number of halogens is 1. The van der Waals surface area contributed by atoms with Gasteiger partial charge in [-0.3, -0.25) is 9.59 Å². The number of nitrogens with zero attached hydrogens (tertiary/aromatic N) is 1. The van der Waals surface area contributed by atoms with Crippen molar-refractivity contribution in [2.24, 2.45) is 29.6 Å². The average molecular weight is 374 g/mol. The lowest BCUT2D eigenvalue weighted by Crippen LogP contribution is -2.48. The second-order valence-corrected chi connectivity index (χ2v) is 8.92. The molecule has 1 aromatic rings. The fourth-order valence-electron chi connectivity index (χ4n) is 5.83. The third kappa shape index (κ3) is 2.49. The van der Waals surface area contributed by atoms with E-state index in [0.29, 0.717) is 5.92 Å². The fraction of sp³-hybridized carbons (Fsp3) is 0.619. The summed E-state index contributed by atoms with van der Waals surface area (Å²) in [5, 5.41) is -0.188. The molecule has 138 valence electrons. The Morgan fingerprint density at radius 1 is 1.15 bits per heavy atom. The molecule has 2 saturated carbocycles. The van der Waals surface area contributed by atoms with Crippen LogP contribution in [0.25, 0.3) is 0 Å². The topological polar surface area (TPSA) is 46.6 Å². The van der Waals surface area contributed by atoms with E-state index in [1.165, 1.54) is 5.56 Å². The minimum absolute atomic E-state index is 0.109. The van der Waals surface area contributed by atoms with E-state index in [9.17, 15) is 9.59 Å². The first-order chi connectivity index (χ1) is 12.6. The Bertz CT molecular complexity index is 715. The minimum atomic E-state index is -0.251. The van der Waals surface area contributed by atoms with Gasteiger partial charge in [-0.05, 0) is 43.1 Å². The number of amides is 1. The Balaban J connectivity index is 1.23. The van der Waals surface area contributed by atoms with Gasteiger partial charge >= 0.3 is 5.97 Å². The van der Waals surface area contributed by atoms with E-state index in [2.05, 4.69) is 24.3 Å². The smallest absolute Gasteiger partial charge is 0.310 e. The molecule has 2 aliphatic carbocycles. The molecule has 0 radical (unpaired) electrons. The molecule has 2 aliphatic heterocycles. The third-order valence-corrected chi connectivity index (χ3v) is 7.67. The maximum Gasteiger partial charge on any atom is 0.310 e. The van der Waals surface area contributed by atoms with Crippen LogP contribution < -0.4 is 0 Å². The number of ether oxygens (including phenoxy) is 1. The van der Waals surface area contributed by atoms with E-state index in [1.807, 2.05) is 11.0 Å². The lowest BCUT2D eigenvalue weighted by atomic mass is 9.78.